The van der Waals surface area contributed by atoms with Gasteiger partial charge < -0.3 is 4.42 Å². The van der Waals surface area contributed by atoms with Crippen molar-refractivity contribution >= 4 is 11.6 Å². The molecule has 0 aliphatic heterocycles. The Morgan fingerprint density at radius 2 is 1.95 bits per heavy atom. The van der Waals surface area contributed by atoms with Gasteiger partial charge in [0.05, 0.1) is 11.3 Å². The van der Waals surface area contributed by atoms with E-state index in [1.165, 1.54) is 6.07 Å². The molecule has 20 heavy (non-hydrogen) atoms. The van der Waals surface area contributed by atoms with Crippen LogP contribution in [0.5, 0.6) is 0 Å². The molecule has 0 saturated heterocycles. The lowest BCUT2D eigenvalue weighted by Gasteiger charge is -2.03. The van der Waals surface area contributed by atoms with Crippen LogP contribution >= 0.6 is 0 Å². The highest BCUT2D eigenvalue weighted by molar-refractivity contribution is 6.01. The molecule has 0 radical (unpaired) electrons. The first-order valence-electron chi connectivity index (χ1n) is 6.15. The molecule has 1 aromatic heterocycles. The Balaban J connectivity index is 2.15. The molecule has 0 aliphatic carbocycles. The Kier molecular flexibility index (Phi) is 3.98. The van der Waals surface area contributed by atoms with Crippen molar-refractivity contribution in [2.75, 3.05) is 0 Å². The number of amides is 1. The number of aryl methyl sites for hydroxylation is 2. The van der Waals surface area contributed by atoms with Crippen LogP contribution in [-0.2, 0) is 0 Å². The molecule has 1 N–H and O–H groups in total. The average Bonchev–Trinajstić information content (AvgIpc) is 2.75. The van der Waals surface area contributed by atoms with Gasteiger partial charge in [0.2, 0.25) is 0 Å². The second-order valence-electron chi connectivity index (χ2n) is 4.44. The fourth-order valence-corrected chi connectivity index (χ4v) is 1.87. The zero-order valence-corrected chi connectivity index (χ0v) is 11.5. The molecule has 2 aromatic rings. The van der Waals surface area contributed by atoms with Crippen molar-refractivity contribution in [3.05, 3.63) is 58.8 Å². The van der Waals surface area contributed by atoms with Crippen LogP contribution in [-0.4, -0.2) is 11.6 Å². The predicted molar refractivity (Wildman–Crippen MR) is 74.3 cm³/mol. The standard InChI is InChI=1S/C15H15FN2O2/c1-9-8-13(11(3)20-9)15(19)18-17-10(2)12-6-4-5-7-14(12)16/h4-8H,1-3H3,(H,18,19)/b17-10+. The normalized spacial score (nSPS) is 11.5. The lowest BCUT2D eigenvalue weighted by atomic mass is 10.1. The van der Waals surface area contributed by atoms with Crippen LogP contribution in [0.25, 0.3) is 0 Å². The number of furan rings is 1. The monoisotopic (exact) mass is 274 g/mol. The van der Waals surface area contributed by atoms with Crippen LogP contribution in [0.2, 0.25) is 0 Å². The molecule has 0 spiro atoms. The number of rotatable bonds is 3. The molecule has 2 rings (SSSR count). The third kappa shape index (κ3) is 2.93. The molecule has 0 saturated carbocycles. The molecule has 0 unspecified atom stereocenters. The molecule has 0 bridgehead atoms. The summed E-state index contributed by atoms with van der Waals surface area (Å²) in [6.07, 6.45) is 0. The number of nitrogens with zero attached hydrogens (tertiary/aromatic N) is 1. The van der Waals surface area contributed by atoms with E-state index in [1.54, 1.807) is 45.0 Å². The Hall–Kier alpha value is -2.43. The topological polar surface area (TPSA) is 54.6 Å². The van der Waals surface area contributed by atoms with E-state index in [1.807, 2.05) is 0 Å². The average molecular weight is 274 g/mol. The number of nitrogens with one attached hydrogen (secondary N) is 1. The van der Waals surface area contributed by atoms with Crippen LogP contribution in [0.4, 0.5) is 4.39 Å². The van der Waals surface area contributed by atoms with E-state index < -0.39 is 0 Å². The molecule has 0 fully saturated rings. The summed E-state index contributed by atoms with van der Waals surface area (Å²) >= 11 is 0. The molecular formula is C15H15FN2O2. The van der Waals surface area contributed by atoms with E-state index in [9.17, 15) is 9.18 Å². The molecule has 0 aliphatic rings. The number of hydrogen-bond acceptors (Lipinski definition) is 3. The van der Waals surface area contributed by atoms with E-state index in [-0.39, 0.29) is 11.7 Å². The highest BCUT2D eigenvalue weighted by Crippen LogP contribution is 2.13. The second-order valence-corrected chi connectivity index (χ2v) is 4.44. The minimum atomic E-state index is -0.380. The summed E-state index contributed by atoms with van der Waals surface area (Å²) in [6.45, 7) is 5.10. The Morgan fingerprint density at radius 1 is 1.25 bits per heavy atom. The summed E-state index contributed by atoms with van der Waals surface area (Å²) in [4.78, 5) is 11.9. The van der Waals surface area contributed by atoms with Crippen molar-refractivity contribution in [2.24, 2.45) is 5.10 Å². The van der Waals surface area contributed by atoms with Gasteiger partial charge in [0.1, 0.15) is 17.3 Å². The highest BCUT2D eigenvalue weighted by atomic mass is 19.1. The smallest absolute Gasteiger partial charge is 0.274 e. The minimum Gasteiger partial charge on any atom is -0.466 e. The van der Waals surface area contributed by atoms with Gasteiger partial charge in [-0.25, -0.2) is 9.82 Å². The number of hydrogen-bond donors (Lipinski definition) is 1. The maximum Gasteiger partial charge on any atom is 0.274 e. The van der Waals surface area contributed by atoms with Crippen LogP contribution < -0.4 is 5.43 Å². The van der Waals surface area contributed by atoms with Gasteiger partial charge >= 0.3 is 0 Å². The zero-order chi connectivity index (χ0) is 14.7. The van der Waals surface area contributed by atoms with Gasteiger partial charge in [0, 0.05) is 5.56 Å². The zero-order valence-electron chi connectivity index (χ0n) is 11.5. The molecule has 0 atom stereocenters. The van der Waals surface area contributed by atoms with Crippen molar-refractivity contribution < 1.29 is 13.6 Å². The maximum atomic E-state index is 13.5. The van der Waals surface area contributed by atoms with Crippen molar-refractivity contribution in [1.29, 1.82) is 0 Å². The van der Waals surface area contributed by atoms with E-state index in [4.69, 9.17) is 4.42 Å². The Bertz CT molecular complexity index is 674. The van der Waals surface area contributed by atoms with Crippen LogP contribution in [0.1, 0.15) is 34.4 Å². The molecule has 104 valence electrons. The van der Waals surface area contributed by atoms with Crippen molar-refractivity contribution in [1.82, 2.24) is 5.43 Å². The van der Waals surface area contributed by atoms with Crippen LogP contribution in [0.15, 0.2) is 39.9 Å². The third-order valence-corrected chi connectivity index (χ3v) is 2.87. The van der Waals surface area contributed by atoms with Gasteiger partial charge in [0.25, 0.3) is 5.91 Å². The number of carbonyl (C=O) groups is 1. The molecule has 1 amide bonds. The third-order valence-electron chi connectivity index (χ3n) is 2.87. The summed E-state index contributed by atoms with van der Waals surface area (Å²) in [5.41, 5.74) is 3.58. The van der Waals surface area contributed by atoms with Crippen LogP contribution in [0, 0.1) is 19.7 Å². The first-order chi connectivity index (χ1) is 9.49. The van der Waals surface area contributed by atoms with E-state index in [2.05, 4.69) is 10.5 Å². The number of carbonyl (C=O) groups excluding carboxylic acids is 1. The maximum absolute atomic E-state index is 13.5. The van der Waals surface area contributed by atoms with Crippen molar-refractivity contribution in [3.63, 3.8) is 0 Å². The molecule has 4 nitrogen and oxygen atoms in total. The highest BCUT2D eigenvalue weighted by Gasteiger charge is 2.13. The summed E-state index contributed by atoms with van der Waals surface area (Å²) in [6, 6.07) is 7.90. The molecule has 1 aromatic carbocycles. The quantitative estimate of drug-likeness (QED) is 0.690. The van der Waals surface area contributed by atoms with Gasteiger partial charge in [-0.3, -0.25) is 4.79 Å². The fourth-order valence-electron chi connectivity index (χ4n) is 1.87. The summed E-state index contributed by atoms with van der Waals surface area (Å²) in [5.74, 6) is 0.426. The summed E-state index contributed by atoms with van der Waals surface area (Å²) in [5, 5.41) is 3.92. The second kappa shape index (κ2) is 5.69. The van der Waals surface area contributed by atoms with E-state index >= 15 is 0 Å². The van der Waals surface area contributed by atoms with E-state index in [0.29, 0.717) is 28.4 Å². The molecule has 5 heteroatoms. The molecular weight excluding hydrogens is 259 g/mol. The number of hydrazone groups is 1. The lowest BCUT2D eigenvalue weighted by Crippen LogP contribution is -2.19. The first kappa shape index (κ1) is 14.0. The van der Waals surface area contributed by atoms with Gasteiger partial charge in [-0.1, -0.05) is 18.2 Å². The largest absolute Gasteiger partial charge is 0.466 e. The first-order valence-corrected chi connectivity index (χ1v) is 6.15. The Morgan fingerprint density at radius 3 is 2.55 bits per heavy atom. The minimum absolute atomic E-state index is 0.355. The predicted octanol–water partition coefficient (Wildman–Crippen LogP) is 3.19. The van der Waals surface area contributed by atoms with Gasteiger partial charge in [0.15, 0.2) is 0 Å². The van der Waals surface area contributed by atoms with Gasteiger partial charge in [-0.05, 0) is 32.9 Å². The molecule has 1 heterocycles. The van der Waals surface area contributed by atoms with Crippen LogP contribution in [0.3, 0.4) is 0 Å². The van der Waals surface area contributed by atoms with Crippen molar-refractivity contribution in [3.8, 4) is 0 Å². The Labute approximate surface area is 116 Å². The van der Waals surface area contributed by atoms with Gasteiger partial charge in [-0.2, -0.15) is 5.10 Å². The van der Waals surface area contributed by atoms with Gasteiger partial charge in [-0.15, -0.1) is 0 Å². The summed E-state index contributed by atoms with van der Waals surface area (Å²) < 4.78 is 18.8. The number of halogens is 1. The van der Waals surface area contributed by atoms with E-state index in [0.717, 1.165) is 0 Å². The SMILES string of the molecule is C/C(=N\NC(=O)c1cc(C)oc1C)c1ccccc1F. The summed E-state index contributed by atoms with van der Waals surface area (Å²) in [7, 11) is 0. The number of benzene rings is 1. The fraction of sp³-hybridized carbons (Fsp3) is 0.200. The van der Waals surface area contributed by atoms with Crippen molar-refractivity contribution in [2.45, 2.75) is 20.8 Å². The lowest BCUT2D eigenvalue weighted by molar-refractivity contribution is 0.0953.